The van der Waals surface area contributed by atoms with Gasteiger partial charge < -0.3 is 0 Å². The van der Waals surface area contributed by atoms with E-state index in [9.17, 15) is 23.6 Å². The molecule has 0 aromatic heterocycles. The summed E-state index contributed by atoms with van der Waals surface area (Å²) < 4.78 is 14.1. The van der Waals surface area contributed by atoms with Crippen LogP contribution >= 0.6 is 15.9 Å². The molecular weight excluding hydrogens is 359 g/mol. The molecule has 1 fully saturated rings. The summed E-state index contributed by atoms with van der Waals surface area (Å²) in [5.74, 6) is -3.51. The van der Waals surface area contributed by atoms with Gasteiger partial charge in [0.05, 0.1) is 11.1 Å². The Morgan fingerprint density at radius 2 is 1.95 bits per heavy atom. The van der Waals surface area contributed by atoms with Gasteiger partial charge in [-0.05, 0) is 24.1 Å². The minimum Gasteiger partial charge on any atom is -0.295 e. The Bertz CT molecular complexity index is 734. The summed E-state index contributed by atoms with van der Waals surface area (Å²) in [4.78, 5) is 48.5. The molecule has 1 N–H and O–H groups in total. The van der Waals surface area contributed by atoms with Crippen molar-refractivity contribution in [2.75, 3.05) is 0 Å². The third-order valence-electron chi connectivity index (χ3n) is 3.71. The van der Waals surface area contributed by atoms with Gasteiger partial charge in [0.15, 0.2) is 0 Å². The third-order valence-corrected chi connectivity index (χ3v) is 4.36. The second kappa shape index (κ2) is 5.28. The van der Waals surface area contributed by atoms with Crippen LogP contribution in [-0.2, 0) is 14.9 Å². The van der Waals surface area contributed by atoms with Crippen molar-refractivity contribution in [1.29, 1.82) is 0 Å². The van der Waals surface area contributed by atoms with Crippen molar-refractivity contribution in [1.82, 2.24) is 10.2 Å². The quantitative estimate of drug-likeness (QED) is 0.626. The maximum Gasteiger partial charge on any atom is 0.265 e. The Kier molecular flexibility index (Phi) is 3.56. The highest BCUT2D eigenvalue weighted by molar-refractivity contribution is 9.08. The number of hydrogen-bond acceptors (Lipinski definition) is 4. The van der Waals surface area contributed by atoms with Gasteiger partial charge in [0.25, 0.3) is 11.8 Å². The molecule has 8 heteroatoms. The average Bonchev–Trinajstić information content (AvgIpc) is 2.72. The number of benzene rings is 1. The Labute approximate surface area is 132 Å². The molecule has 0 saturated carbocycles. The van der Waals surface area contributed by atoms with Crippen molar-refractivity contribution >= 4 is 39.6 Å². The van der Waals surface area contributed by atoms with E-state index < -0.39 is 35.5 Å². The number of amides is 4. The number of nitrogens with zero attached hydrogens (tertiary/aromatic N) is 1. The third kappa shape index (κ3) is 2.14. The topological polar surface area (TPSA) is 83.6 Å². The molecule has 3 rings (SSSR count). The van der Waals surface area contributed by atoms with E-state index in [1.807, 2.05) is 0 Å². The standard InChI is InChI=1S/C14H10BrFN2O4/c15-5-6-3-7-11(8(16)4-6)14(22)18(13(7)21)9-1-2-10(19)17-12(9)20/h3-4,9H,1-2,5H2,(H,17,19,20). The Balaban J connectivity index is 2.02. The summed E-state index contributed by atoms with van der Waals surface area (Å²) >= 11 is 3.16. The zero-order valence-electron chi connectivity index (χ0n) is 11.2. The van der Waals surface area contributed by atoms with Crippen LogP contribution in [0, 0.1) is 5.82 Å². The van der Waals surface area contributed by atoms with E-state index in [0.717, 1.165) is 4.90 Å². The Morgan fingerprint density at radius 1 is 1.23 bits per heavy atom. The van der Waals surface area contributed by atoms with Crippen molar-refractivity contribution in [3.63, 3.8) is 0 Å². The maximum atomic E-state index is 14.1. The predicted octanol–water partition coefficient (Wildman–Crippen LogP) is 1.12. The molecule has 114 valence electrons. The number of carbonyl (C=O) groups excluding carboxylic acids is 4. The lowest BCUT2D eigenvalue weighted by Gasteiger charge is -2.27. The van der Waals surface area contributed by atoms with Crippen LogP contribution in [0.4, 0.5) is 4.39 Å². The van der Waals surface area contributed by atoms with Crippen molar-refractivity contribution in [3.05, 3.63) is 34.6 Å². The molecule has 0 radical (unpaired) electrons. The van der Waals surface area contributed by atoms with Crippen LogP contribution in [0.5, 0.6) is 0 Å². The number of nitrogens with one attached hydrogen (secondary N) is 1. The molecule has 22 heavy (non-hydrogen) atoms. The Morgan fingerprint density at radius 3 is 2.59 bits per heavy atom. The Hall–Kier alpha value is -2.09. The summed E-state index contributed by atoms with van der Waals surface area (Å²) in [7, 11) is 0. The van der Waals surface area contributed by atoms with Crippen molar-refractivity contribution < 1.29 is 23.6 Å². The minimum atomic E-state index is -1.09. The molecular formula is C14H10BrFN2O4. The molecule has 1 aromatic carbocycles. The van der Waals surface area contributed by atoms with E-state index in [0.29, 0.717) is 10.9 Å². The van der Waals surface area contributed by atoms with Gasteiger partial charge in [0, 0.05) is 11.8 Å². The van der Waals surface area contributed by atoms with Gasteiger partial charge in [-0.2, -0.15) is 0 Å². The van der Waals surface area contributed by atoms with Crippen LogP contribution in [0.15, 0.2) is 12.1 Å². The highest BCUT2D eigenvalue weighted by Gasteiger charge is 2.46. The largest absolute Gasteiger partial charge is 0.295 e. The fraction of sp³-hybridized carbons (Fsp3) is 0.286. The van der Waals surface area contributed by atoms with Gasteiger partial charge in [-0.25, -0.2) is 4.39 Å². The molecule has 2 aliphatic rings. The number of rotatable bonds is 2. The summed E-state index contributed by atoms with van der Waals surface area (Å²) in [5, 5.41) is 2.42. The fourth-order valence-corrected chi connectivity index (χ4v) is 3.00. The van der Waals surface area contributed by atoms with Crippen molar-refractivity contribution in [2.45, 2.75) is 24.2 Å². The molecule has 2 heterocycles. The summed E-state index contributed by atoms with van der Waals surface area (Å²) in [6.07, 6.45) is 0.0714. The lowest BCUT2D eigenvalue weighted by Crippen LogP contribution is -2.54. The number of hydrogen-bond donors (Lipinski definition) is 1. The van der Waals surface area contributed by atoms with Crippen LogP contribution in [0.25, 0.3) is 0 Å². The molecule has 6 nitrogen and oxygen atoms in total. The molecule has 0 aliphatic carbocycles. The van der Waals surface area contributed by atoms with Crippen LogP contribution in [0.2, 0.25) is 0 Å². The van der Waals surface area contributed by atoms with Crippen LogP contribution < -0.4 is 5.32 Å². The van der Waals surface area contributed by atoms with Crippen LogP contribution in [0.3, 0.4) is 0 Å². The second-order valence-corrected chi connectivity index (χ2v) is 5.64. The molecule has 1 unspecified atom stereocenters. The molecule has 2 aliphatic heterocycles. The summed E-state index contributed by atoms with van der Waals surface area (Å²) in [5.41, 5.74) is 0.145. The number of piperidine rings is 1. The number of alkyl halides is 1. The second-order valence-electron chi connectivity index (χ2n) is 5.08. The zero-order chi connectivity index (χ0) is 16.0. The number of carbonyl (C=O) groups is 4. The zero-order valence-corrected chi connectivity index (χ0v) is 12.8. The predicted molar refractivity (Wildman–Crippen MR) is 75.7 cm³/mol. The van der Waals surface area contributed by atoms with Gasteiger partial charge in [0.2, 0.25) is 11.8 Å². The number of halogens is 2. The highest BCUT2D eigenvalue weighted by Crippen LogP contribution is 2.30. The smallest absolute Gasteiger partial charge is 0.265 e. The first-order valence-electron chi connectivity index (χ1n) is 6.54. The van der Waals surface area contributed by atoms with Gasteiger partial charge >= 0.3 is 0 Å². The van der Waals surface area contributed by atoms with Gasteiger partial charge in [-0.3, -0.25) is 29.4 Å². The van der Waals surface area contributed by atoms with E-state index in [1.54, 1.807) is 0 Å². The highest BCUT2D eigenvalue weighted by atomic mass is 79.9. The van der Waals surface area contributed by atoms with Crippen LogP contribution in [-0.4, -0.2) is 34.6 Å². The molecule has 0 spiro atoms. The minimum absolute atomic E-state index is 0.0267. The molecule has 4 amide bonds. The molecule has 0 bridgehead atoms. The van der Waals surface area contributed by atoms with E-state index in [1.165, 1.54) is 12.1 Å². The normalized spacial score (nSPS) is 21.2. The molecule has 1 aromatic rings. The average molecular weight is 369 g/mol. The molecule has 1 saturated heterocycles. The van der Waals surface area contributed by atoms with E-state index >= 15 is 0 Å². The monoisotopic (exact) mass is 368 g/mol. The van der Waals surface area contributed by atoms with Crippen molar-refractivity contribution in [3.8, 4) is 0 Å². The first-order valence-corrected chi connectivity index (χ1v) is 7.66. The number of fused-ring (bicyclic) bond motifs is 1. The SMILES string of the molecule is O=C1CCC(N2C(=O)c3cc(CBr)cc(F)c3C2=O)C(=O)N1. The molecule has 1 atom stereocenters. The van der Waals surface area contributed by atoms with Gasteiger partial charge in [0.1, 0.15) is 11.9 Å². The van der Waals surface area contributed by atoms with Crippen LogP contribution in [0.1, 0.15) is 39.1 Å². The summed E-state index contributed by atoms with van der Waals surface area (Å²) in [6.45, 7) is 0. The van der Waals surface area contributed by atoms with E-state index in [2.05, 4.69) is 21.2 Å². The van der Waals surface area contributed by atoms with Gasteiger partial charge in [-0.15, -0.1) is 0 Å². The van der Waals surface area contributed by atoms with Crippen molar-refractivity contribution in [2.24, 2.45) is 0 Å². The first-order chi connectivity index (χ1) is 10.4. The van der Waals surface area contributed by atoms with Gasteiger partial charge in [-0.1, -0.05) is 15.9 Å². The lowest BCUT2D eigenvalue weighted by atomic mass is 10.0. The van der Waals surface area contributed by atoms with E-state index in [4.69, 9.17) is 0 Å². The lowest BCUT2D eigenvalue weighted by molar-refractivity contribution is -0.136. The summed E-state index contributed by atoms with van der Waals surface area (Å²) in [6, 6.07) is 1.52. The first kappa shape index (κ1) is 14.8. The van der Waals surface area contributed by atoms with E-state index in [-0.39, 0.29) is 24.0 Å². The number of imide groups is 2. The maximum absolute atomic E-state index is 14.1. The fourth-order valence-electron chi connectivity index (χ4n) is 2.68.